The lowest BCUT2D eigenvalue weighted by Crippen LogP contribution is -2.30. The lowest BCUT2D eigenvalue weighted by atomic mass is 10.0. The molecule has 1 aliphatic rings. The first kappa shape index (κ1) is 16.0. The van der Waals surface area contributed by atoms with Gasteiger partial charge in [0.25, 0.3) is 0 Å². The van der Waals surface area contributed by atoms with E-state index in [9.17, 15) is 13.2 Å². The van der Waals surface area contributed by atoms with Crippen molar-refractivity contribution in [2.45, 2.75) is 25.6 Å². The average Bonchev–Trinajstić information content (AvgIpc) is 2.41. The van der Waals surface area contributed by atoms with Crippen LogP contribution in [0.4, 0.5) is 13.2 Å². The Morgan fingerprint density at radius 1 is 1.26 bits per heavy atom. The normalized spacial score (nSPS) is 19.5. The first-order chi connectivity index (χ1) is 9.04. The SMILES string of the molecule is COCc1ccccc1.FC(F)(F)C1CCCOC1. The van der Waals surface area contributed by atoms with E-state index < -0.39 is 12.1 Å². The molecule has 1 aliphatic heterocycles. The van der Waals surface area contributed by atoms with Gasteiger partial charge >= 0.3 is 6.18 Å². The highest BCUT2D eigenvalue weighted by molar-refractivity contribution is 5.13. The fraction of sp³-hybridized carbons (Fsp3) is 0.571. The van der Waals surface area contributed by atoms with Gasteiger partial charge in [-0.15, -0.1) is 0 Å². The number of halogens is 3. The maximum Gasteiger partial charge on any atom is 0.394 e. The van der Waals surface area contributed by atoms with Crippen molar-refractivity contribution in [3.63, 3.8) is 0 Å². The zero-order chi connectivity index (χ0) is 14.1. The van der Waals surface area contributed by atoms with Crippen LogP contribution in [-0.4, -0.2) is 26.5 Å². The van der Waals surface area contributed by atoms with Crippen molar-refractivity contribution in [1.82, 2.24) is 0 Å². The Balaban J connectivity index is 0.000000191. The van der Waals surface area contributed by atoms with Crippen LogP contribution in [0.3, 0.4) is 0 Å². The van der Waals surface area contributed by atoms with Crippen LogP contribution in [0.25, 0.3) is 0 Å². The van der Waals surface area contributed by atoms with Crippen molar-refractivity contribution < 1.29 is 22.6 Å². The minimum atomic E-state index is -4.06. The predicted molar refractivity (Wildman–Crippen MR) is 66.8 cm³/mol. The minimum absolute atomic E-state index is 0.149. The molecule has 0 amide bonds. The second-order valence-electron chi connectivity index (χ2n) is 4.37. The Bertz CT molecular complexity index is 332. The Morgan fingerprint density at radius 3 is 2.37 bits per heavy atom. The van der Waals surface area contributed by atoms with E-state index in [-0.39, 0.29) is 13.0 Å². The largest absolute Gasteiger partial charge is 0.394 e. The summed E-state index contributed by atoms with van der Waals surface area (Å²) in [6, 6.07) is 10.1. The molecule has 1 atom stereocenters. The third-order valence-electron chi connectivity index (χ3n) is 2.78. The van der Waals surface area contributed by atoms with Gasteiger partial charge < -0.3 is 9.47 Å². The fourth-order valence-electron chi connectivity index (χ4n) is 1.74. The standard InChI is InChI=1S/C8H10O.C6H9F3O/c1-9-7-8-5-3-2-4-6-8;7-6(8,9)5-2-1-3-10-4-5/h2-6H,7H2,1H3;5H,1-4H2. The van der Waals surface area contributed by atoms with Crippen molar-refractivity contribution in [2.24, 2.45) is 5.92 Å². The highest BCUT2D eigenvalue weighted by Crippen LogP contribution is 2.31. The van der Waals surface area contributed by atoms with Crippen LogP contribution in [0.15, 0.2) is 30.3 Å². The van der Waals surface area contributed by atoms with Gasteiger partial charge in [-0.25, -0.2) is 0 Å². The van der Waals surface area contributed by atoms with E-state index in [1.165, 1.54) is 5.56 Å². The number of methoxy groups -OCH3 is 1. The van der Waals surface area contributed by atoms with Gasteiger partial charge in [-0.05, 0) is 18.4 Å². The highest BCUT2D eigenvalue weighted by atomic mass is 19.4. The van der Waals surface area contributed by atoms with Crippen LogP contribution in [0.1, 0.15) is 18.4 Å². The Kier molecular flexibility index (Phi) is 6.87. The van der Waals surface area contributed by atoms with Crippen molar-refractivity contribution in [1.29, 1.82) is 0 Å². The molecule has 2 rings (SSSR count). The highest BCUT2D eigenvalue weighted by Gasteiger charge is 2.40. The lowest BCUT2D eigenvalue weighted by Gasteiger charge is -2.23. The number of ether oxygens (including phenoxy) is 2. The topological polar surface area (TPSA) is 18.5 Å². The maximum atomic E-state index is 11.9. The smallest absolute Gasteiger partial charge is 0.381 e. The van der Waals surface area contributed by atoms with Gasteiger partial charge in [0.05, 0.1) is 19.1 Å². The molecule has 1 unspecified atom stereocenters. The van der Waals surface area contributed by atoms with Gasteiger partial charge in [-0.2, -0.15) is 13.2 Å². The number of rotatable bonds is 2. The summed E-state index contributed by atoms with van der Waals surface area (Å²) in [4.78, 5) is 0. The van der Waals surface area contributed by atoms with E-state index in [4.69, 9.17) is 4.74 Å². The molecular weight excluding hydrogens is 257 g/mol. The van der Waals surface area contributed by atoms with Gasteiger partial charge in [0.2, 0.25) is 0 Å². The summed E-state index contributed by atoms with van der Waals surface area (Å²) in [6.07, 6.45) is -3.30. The molecule has 1 saturated heterocycles. The molecule has 0 radical (unpaired) electrons. The van der Waals surface area contributed by atoms with Crippen molar-refractivity contribution >= 4 is 0 Å². The molecule has 0 saturated carbocycles. The second-order valence-corrected chi connectivity index (χ2v) is 4.37. The van der Waals surface area contributed by atoms with Crippen molar-refractivity contribution in [3.8, 4) is 0 Å². The van der Waals surface area contributed by atoms with E-state index in [0.717, 1.165) is 0 Å². The third kappa shape index (κ3) is 6.59. The number of alkyl halides is 3. The predicted octanol–water partition coefficient (Wildman–Crippen LogP) is 3.81. The van der Waals surface area contributed by atoms with Gasteiger partial charge in [0.15, 0.2) is 0 Å². The van der Waals surface area contributed by atoms with Gasteiger partial charge in [-0.3, -0.25) is 0 Å². The van der Waals surface area contributed by atoms with Gasteiger partial charge in [-0.1, -0.05) is 30.3 Å². The summed E-state index contributed by atoms with van der Waals surface area (Å²) in [7, 11) is 1.70. The molecule has 2 nitrogen and oxygen atoms in total. The molecule has 108 valence electrons. The molecule has 1 fully saturated rings. The molecule has 0 aliphatic carbocycles. The average molecular weight is 276 g/mol. The summed E-state index contributed by atoms with van der Waals surface area (Å²) >= 11 is 0. The number of benzene rings is 1. The molecule has 0 N–H and O–H groups in total. The van der Waals surface area contributed by atoms with Crippen molar-refractivity contribution in [3.05, 3.63) is 35.9 Å². The Morgan fingerprint density at radius 2 is 1.95 bits per heavy atom. The first-order valence-corrected chi connectivity index (χ1v) is 6.21. The van der Waals surface area contributed by atoms with E-state index in [1.807, 2.05) is 30.3 Å². The molecule has 0 bridgehead atoms. The summed E-state index contributed by atoms with van der Waals surface area (Å²) in [6.45, 7) is 1.04. The molecular formula is C14H19F3O2. The lowest BCUT2D eigenvalue weighted by molar-refractivity contribution is -0.199. The number of hydrogen-bond acceptors (Lipinski definition) is 2. The molecule has 1 aromatic carbocycles. The van der Waals surface area contributed by atoms with E-state index in [2.05, 4.69) is 4.74 Å². The zero-order valence-electron chi connectivity index (χ0n) is 11.0. The van der Waals surface area contributed by atoms with E-state index in [0.29, 0.717) is 19.6 Å². The van der Waals surface area contributed by atoms with E-state index >= 15 is 0 Å². The van der Waals surface area contributed by atoms with Crippen molar-refractivity contribution in [2.75, 3.05) is 20.3 Å². The first-order valence-electron chi connectivity index (χ1n) is 6.21. The molecule has 19 heavy (non-hydrogen) atoms. The van der Waals surface area contributed by atoms with E-state index in [1.54, 1.807) is 7.11 Å². The monoisotopic (exact) mass is 276 g/mol. The molecule has 0 spiro atoms. The summed E-state index contributed by atoms with van der Waals surface area (Å²) in [5.41, 5.74) is 1.22. The molecule has 1 aromatic rings. The fourth-order valence-corrected chi connectivity index (χ4v) is 1.74. The maximum absolute atomic E-state index is 11.9. The summed E-state index contributed by atoms with van der Waals surface area (Å²) in [5, 5.41) is 0. The van der Waals surface area contributed by atoms with Crippen LogP contribution < -0.4 is 0 Å². The quantitative estimate of drug-likeness (QED) is 0.817. The molecule has 1 heterocycles. The summed E-state index contributed by atoms with van der Waals surface area (Å²) in [5.74, 6) is -1.22. The minimum Gasteiger partial charge on any atom is -0.381 e. The van der Waals surface area contributed by atoms with Crippen LogP contribution in [-0.2, 0) is 16.1 Å². The van der Waals surface area contributed by atoms with Crippen LogP contribution >= 0.6 is 0 Å². The number of hydrogen-bond donors (Lipinski definition) is 0. The second kappa shape index (κ2) is 8.17. The molecule has 0 aromatic heterocycles. The third-order valence-corrected chi connectivity index (χ3v) is 2.78. The van der Waals surface area contributed by atoms with Crippen LogP contribution in [0, 0.1) is 5.92 Å². The summed E-state index contributed by atoms with van der Waals surface area (Å²) < 4.78 is 45.2. The van der Waals surface area contributed by atoms with Crippen LogP contribution in [0.5, 0.6) is 0 Å². The Labute approximate surface area is 111 Å². The van der Waals surface area contributed by atoms with Crippen LogP contribution in [0.2, 0.25) is 0 Å². The van der Waals surface area contributed by atoms with Gasteiger partial charge in [0.1, 0.15) is 0 Å². The van der Waals surface area contributed by atoms with Gasteiger partial charge in [0, 0.05) is 13.7 Å². The Hall–Kier alpha value is -1.07. The zero-order valence-corrected chi connectivity index (χ0v) is 11.0. The molecule has 5 heteroatoms.